The maximum absolute atomic E-state index is 11.3. The van der Waals surface area contributed by atoms with Gasteiger partial charge >= 0.3 is 5.97 Å². The van der Waals surface area contributed by atoms with Gasteiger partial charge in [-0.25, -0.2) is 22.9 Å². The van der Waals surface area contributed by atoms with Gasteiger partial charge in [0, 0.05) is 6.20 Å². The summed E-state index contributed by atoms with van der Waals surface area (Å²) in [6.07, 6.45) is 2.52. The molecule has 0 amide bonds. The van der Waals surface area contributed by atoms with E-state index in [0.717, 1.165) is 10.7 Å². The zero-order valence-electron chi connectivity index (χ0n) is 7.86. The van der Waals surface area contributed by atoms with Gasteiger partial charge in [-0.3, -0.25) is 0 Å². The molecule has 0 aliphatic carbocycles. The van der Waals surface area contributed by atoms with Crippen LogP contribution in [0.15, 0.2) is 29.4 Å². The molecule has 0 aliphatic heterocycles. The van der Waals surface area contributed by atoms with Crippen LogP contribution in [-0.2, 0) is 10.0 Å². The molecule has 84 valence electrons. The zero-order valence-corrected chi connectivity index (χ0v) is 8.68. The van der Waals surface area contributed by atoms with Gasteiger partial charge in [-0.1, -0.05) is 0 Å². The van der Waals surface area contributed by atoms with Crippen molar-refractivity contribution in [3.63, 3.8) is 0 Å². The molecule has 0 bridgehead atoms. The highest BCUT2D eigenvalue weighted by atomic mass is 32.2. The lowest BCUT2D eigenvalue weighted by atomic mass is 10.3. The van der Waals surface area contributed by atoms with E-state index in [1.54, 1.807) is 0 Å². The average Bonchev–Trinajstić information content (AvgIpc) is 2.58. The molecule has 0 spiro atoms. The fourth-order valence-electron chi connectivity index (χ4n) is 1.40. The summed E-state index contributed by atoms with van der Waals surface area (Å²) < 4.78 is 23.7. The van der Waals surface area contributed by atoms with Crippen molar-refractivity contribution in [2.24, 2.45) is 5.14 Å². The highest BCUT2D eigenvalue weighted by molar-refractivity contribution is 7.89. The van der Waals surface area contributed by atoms with E-state index < -0.39 is 16.0 Å². The van der Waals surface area contributed by atoms with Gasteiger partial charge in [0.2, 0.25) is 10.0 Å². The monoisotopic (exact) mass is 241 g/mol. The molecule has 3 N–H and O–H groups in total. The third-order valence-corrected chi connectivity index (χ3v) is 2.98. The molecule has 7 nitrogen and oxygen atoms in total. The quantitative estimate of drug-likeness (QED) is 0.747. The van der Waals surface area contributed by atoms with Crippen LogP contribution in [0.3, 0.4) is 0 Å². The molecule has 0 saturated carbocycles. The van der Waals surface area contributed by atoms with Gasteiger partial charge in [0.05, 0.1) is 6.20 Å². The summed E-state index contributed by atoms with van der Waals surface area (Å²) in [5.41, 5.74) is -0.234. The summed E-state index contributed by atoms with van der Waals surface area (Å²) in [6, 6.07) is 2.66. The lowest BCUT2D eigenvalue weighted by Crippen LogP contribution is -2.14. The van der Waals surface area contributed by atoms with E-state index in [4.69, 9.17) is 10.2 Å². The van der Waals surface area contributed by atoms with Gasteiger partial charge in [-0.2, -0.15) is 5.10 Å². The molecule has 0 saturated heterocycles. The van der Waals surface area contributed by atoms with Crippen molar-refractivity contribution in [3.05, 3.63) is 30.1 Å². The number of nitrogens with two attached hydrogens (primary N) is 1. The largest absolute Gasteiger partial charge is 0.478 e. The van der Waals surface area contributed by atoms with E-state index in [2.05, 4.69) is 5.10 Å². The number of aromatic nitrogens is 2. The number of sulfonamides is 1. The zero-order chi connectivity index (χ0) is 11.9. The Hall–Kier alpha value is -1.93. The van der Waals surface area contributed by atoms with E-state index in [0.29, 0.717) is 0 Å². The number of fused-ring (bicyclic) bond motifs is 1. The Bertz CT molecular complexity index is 674. The fraction of sp³-hybridized carbons (Fsp3) is 0. The number of pyridine rings is 1. The first kappa shape index (κ1) is 10.6. The minimum absolute atomic E-state index is 0.0301. The molecule has 0 unspecified atom stereocenters. The number of rotatable bonds is 2. The van der Waals surface area contributed by atoms with Gasteiger partial charge in [0.25, 0.3) is 0 Å². The molecule has 0 radical (unpaired) electrons. The lowest BCUT2D eigenvalue weighted by molar-refractivity contribution is 0.0699. The molecule has 0 fully saturated rings. The molecular formula is C8H7N3O4S. The highest BCUT2D eigenvalue weighted by Crippen LogP contribution is 2.19. The van der Waals surface area contributed by atoms with Crippen LogP contribution in [-0.4, -0.2) is 29.1 Å². The second-order valence-electron chi connectivity index (χ2n) is 3.07. The minimum Gasteiger partial charge on any atom is -0.478 e. The molecule has 2 heterocycles. The SMILES string of the molecule is NS(=O)(=O)c1cccn2ncc(C(=O)O)c12. The Kier molecular flexibility index (Phi) is 2.17. The van der Waals surface area contributed by atoms with Crippen molar-refractivity contribution in [2.45, 2.75) is 4.90 Å². The van der Waals surface area contributed by atoms with Crippen LogP contribution < -0.4 is 5.14 Å². The Balaban J connectivity index is 2.95. The van der Waals surface area contributed by atoms with Gasteiger partial charge in [-0.15, -0.1) is 0 Å². The van der Waals surface area contributed by atoms with Gasteiger partial charge < -0.3 is 5.11 Å². The van der Waals surface area contributed by atoms with Crippen molar-refractivity contribution in [2.75, 3.05) is 0 Å². The molecule has 0 aromatic carbocycles. The highest BCUT2D eigenvalue weighted by Gasteiger charge is 2.20. The van der Waals surface area contributed by atoms with Crippen molar-refractivity contribution in [3.8, 4) is 0 Å². The molecule has 2 rings (SSSR count). The first-order valence-electron chi connectivity index (χ1n) is 4.13. The molecule has 2 aromatic rings. The number of hydrogen-bond acceptors (Lipinski definition) is 4. The van der Waals surface area contributed by atoms with Gasteiger partial charge in [0.1, 0.15) is 16.0 Å². The van der Waals surface area contributed by atoms with Crippen molar-refractivity contribution >= 4 is 21.5 Å². The third-order valence-electron chi connectivity index (χ3n) is 2.04. The van der Waals surface area contributed by atoms with E-state index in [-0.39, 0.29) is 16.0 Å². The second kappa shape index (κ2) is 3.29. The summed E-state index contributed by atoms with van der Waals surface area (Å²) in [5, 5.41) is 17.6. The van der Waals surface area contributed by atoms with E-state index in [1.807, 2.05) is 0 Å². The second-order valence-corrected chi connectivity index (χ2v) is 4.60. The standard InChI is InChI=1S/C8H7N3O4S/c9-16(14,15)6-2-1-3-11-7(6)5(4-10-11)8(12)13/h1-4H,(H,12,13)(H2,9,14,15). The summed E-state index contributed by atoms with van der Waals surface area (Å²) in [6.45, 7) is 0. The van der Waals surface area contributed by atoms with E-state index in [9.17, 15) is 13.2 Å². The van der Waals surface area contributed by atoms with Gasteiger partial charge in [0.15, 0.2) is 0 Å². The number of carboxylic acid groups (broad SMARTS) is 1. The van der Waals surface area contributed by atoms with E-state index >= 15 is 0 Å². The van der Waals surface area contributed by atoms with Crippen LogP contribution in [0.2, 0.25) is 0 Å². The number of hydrogen-bond donors (Lipinski definition) is 2. The smallest absolute Gasteiger partial charge is 0.339 e. The number of carboxylic acids is 1. The van der Waals surface area contributed by atoms with Crippen molar-refractivity contribution in [1.82, 2.24) is 9.61 Å². The molecular weight excluding hydrogens is 234 g/mol. The van der Waals surface area contributed by atoms with Crippen LogP contribution in [0, 0.1) is 0 Å². The first-order valence-corrected chi connectivity index (χ1v) is 5.68. The number of carbonyl (C=O) groups is 1. The number of nitrogens with zero attached hydrogens (tertiary/aromatic N) is 2. The predicted molar refractivity (Wildman–Crippen MR) is 53.5 cm³/mol. The van der Waals surface area contributed by atoms with Crippen molar-refractivity contribution in [1.29, 1.82) is 0 Å². The Morgan fingerprint density at radius 3 is 2.75 bits per heavy atom. The van der Waals surface area contributed by atoms with Crippen LogP contribution in [0.25, 0.3) is 5.52 Å². The van der Waals surface area contributed by atoms with Gasteiger partial charge in [-0.05, 0) is 12.1 Å². The van der Waals surface area contributed by atoms with Crippen LogP contribution in [0.5, 0.6) is 0 Å². The maximum atomic E-state index is 11.3. The lowest BCUT2D eigenvalue weighted by Gasteiger charge is -2.01. The average molecular weight is 241 g/mol. The summed E-state index contributed by atoms with van der Waals surface area (Å²) in [7, 11) is -3.98. The summed E-state index contributed by atoms with van der Waals surface area (Å²) in [5.74, 6) is -1.26. The minimum atomic E-state index is -3.98. The fourth-order valence-corrected chi connectivity index (χ4v) is 2.14. The maximum Gasteiger partial charge on any atom is 0.339 e. The molecule has 8 heteroatoms. The first-order chi connectivity index (χ1) is 7.41. The number of aromatic carboxylic acids is 1. The number of primary sulfonamides is 1. The summed E-state index contributed by atoms with van der Waals surface area (Å²) in [4.78, 5) is 10.6. The molecule has 2 aromatic heterocycles. The third kappa shape index (κ3) is 1.53. The molecule has 16 heavy (non-hydrogen) atoms. The Morgan fingerprint density at radius 1 is 1.50 bits per heavy atom. The van der Waals surface area contributed by atoms with Crippen molar-refractivity contribution < 1.29 is 18.3 Å². The molecule has 0 aliphatic rings. The summed E-state index contributed by atoms with van der Waals surface area (Å²) >= 11 is 0. The predicted octanol–water partition coefficient (Wildman–Crippen LogP) is -0.320. The Labute approximate surface area is 90.2 Å². The van der Waals surface area contributed by atoms with E-state index in [1.165, 1.54) is 18.3 Å². The molecule has 0 atom stereocenters. The van der Waals surface area contributed by atoms with Crippen LogP contribution in [0.4, 0.5) is 0 Å². The normalized spacial score (nSPS) is 11.8. The topological polar surface area (TPSA) is 115 Å². The van der Waals surface area contributed by atoms with Crippen LogP contribution >= 0.6 is 0 Å². The van der Waals surface area contributed by atoms with Crippen LogP contribution in [0.1, 0.15) is 10.4 Å². The Morgan fingerprint density at radius 2 is 2.19 bits per heavy atom.